The minimum atomic E-state index is -0.164. The molecule has 1 aromatic rings. The van der Waals surface area contributed by atoms with E-state index in [4.69, 9.17) is 0 Å². The number of thiophene rings is 1. The maximum atomic E-state index is 13.3. The summed E-state index contributed by atoms with van der Waals surface area (Å²) in [5, 5.41) is 2.09. The summed E-state index contributed by atoms with van der Waals surface area (Å²) < 4.78 is 0. The van der Waals surface area contributed by atoms with Gasteiger partial charge in [-0.2, -0.15) is 0 Å². The van der Waals surface area contributed by atoms with Crippen molar-refractivity contribution in [1.82, 2.24) is 9.80 Å². The van der Waals surface area contributed by atoms with Gasteiger partial charge in [-0.15, -0.1) is 11.3 Å². The van der Waals surface area contributed by atoms with Crippen molar-refractivity contribution in [2.75, 3.05) is 13.1 Å². The Morgan fingerprint density at radius 3 is 2.48 bits per heavy atom. The second-order valence-electron chi connectivity index (χ2n) is 8.26. The van der Waals surface area contributed by atoms with Crippen molar-refractivity contribution in [1.29, 1.82) is 0 Å². The fourth-order valence-electron chi connectivity index (χ4n) is 5.39. The van der Waals surface area contributed by atoms with E-state index < -0.39 is 0 Å². The van der Waals surface area contributed by atoms with Crippen LogP contribution in [0.5, 0.6) is 0 Å². The molecule has 2 aliphatic carbocycles. The molecule has 5 fully saturated rings. The van der Waals surface area contributed by atoms with Gasteiger partial charge in [-0.3, -0.25) is 9.59 Å². The molecule has 6 rings (SSSR count). The molecule has 25 heavy (non-hydrogen) atoms. The number of carbonyl (C=O) groups is 2. The van der Waals surface area contributed by atoms with Crippen molar-refractivity contribution in [2.45, 2.75) is 62.9 Å². The van der Waals surface area contributed by atoms with Crippen LogP contribution in [0.4, 0.5) is 0 Å². The summed E-state index contributed by atoms with van der Waals surface area (Å²) in [7, 11) is 0. The number of likely N-dealkylation sites (tertiary alicyclic amines) is 1. The molecule has 1 aromatic heterocycles. The third-order valence-electron chi connectivity index (χ3n) is 6.82. The fourth-order valence-corrected chi connectivity index (χ4v) is 6.29. The van der Waals surface area contributed by atoms with E-state index in [1.54, 1.807) is 11.3 Å². The van der Waals surface area contributed by atoms with Crippen LogP contribution < -0.4 is 0 Å². The van der Waals surface area contributed by atoms with E-state index in [9.17, 15) is 9.59 Å². The van der Waals surface area contributed by atoms with Crippen LogP contribution in [0.15, 0.2) is 17.5 Å². The molecule has 2 unspecified atom stereocenters. The fraction of sp³-hybridized carbons (Fsp3) is 0.700. The van der Waals surface area contributed by atoms with Crippen molar-refractivity contribution in [3.63, 3.8) is 0 Å². The van der Waals surface area contributed by atoms with Crippen LogP contribution in [0.3, 0.4) is 0 Å². The van der Waals surface area contributed by atoms with E-state index in [0.717, 1.165) is 58.0 Å². The number of carbonyl (C=O) groups excluding carboxylic acids is 2. The number of fused-ring (bicyclic) bond motifs is 3. The molecule has 0 N–H and O–H groups in total. The molecule has 0 aromatic carbocycles. The summed E-state index contributed by atoms with van der Waals surface area (Å²) in [6, 6.07) is 4.36. The number of piperidine rings is 2. The Hall–Kier alpha value is -1.36. The number of hydrogen-bond acceptors (Lipinski definition) is 3. The van der Waals surface area contributed by atoms with Gasteiger partial charge in [-0.1, -0.05) is 6.07 Å². The summed E-state index contributed by atoms with van der Waals surface area (Å²) in [6.45, 7) is 1.77. The lowest BCUT2D eigenvalue weighted by Crippen LogP contribution is -2.63. The first-order valence-corrected chi connectivity index (χ1v) is 10.8. The molecule has 134 valence electrons. The Morgan fingerprint density at radius 1 is 1.04 bits per heavy atom. The van der Waals surface area contributed by atoms with Crippen molar-refractivity contribution in [3.8, 4) is 0 Å². The predicted molar refractivity (Wildman–Crippen MR) is 97.4 cm³/mol. The molecule has 0 spiro atoms. The van der Waals surface area contributed by atoms with Gasteiger partial charge < -0.3 is 9.80 Å². The molecule has 0 radical (unpaired) electrons. The van der Waals surface area contributed by atoms with E-state index >= 15 is 0 Å². The Bertz CT molecular complexity index is 659. The van der Waals surface area contributed by atoms with Gasteiger partial charge in [0.15, 0.2) is 0 Å². The quantitative estimate of drug-likeness (QED) is 0.832. The summed E-state index contributed by atoms with van der Waals surface area (Å²) in [5.74, 6) is 1.42. The van der Waals surface area contributed by atoms with E-state index in [1.165, 1.54) is 4.88 Å². The monoisotopic (exact) mass is 358 g/mol. The second kappa shape index (κ2) is 6.11. The van der Waals surface area contributed by atoms with Gasteiger partial charge >= 0.3 is 0 Å². The molecule has 3 aliphatic heterocycles. The zero-order valence-corrected chi connectivity index (χ0v) is 15.4. The van der Waals surface area contributed by atoms with Gasteiger partial charge in [0.05, 0.1) is 0 Å². The Morgan fingerprint density at radius 2 is 1.80 bits per heavy atom. The summed E-state index contributed by atoms with van der Waals surface area (Å²) >= 11 is 1.76. The molecule has 3 atom stereocenters. The minimum Gasteiger partial charge on any atom is -0.341 e. The SMILES string of the molecule is O=C([C@@H]1C2CCC(CC2)N1C(=O)C1CC1c1cccs1)N1CCCC1. The van der Waals surface area contributed by atoms with Gasteiger partial charge in [-0.25, -0.2) is 0 Å². The third-order valence-corrected chi connectivity index (χ3v) is 7.83. The number of nitrogens with zero attached hydrogens (tertiary/aromatic N) is 2. The van der Waals surface area contributed by atoms with Gasteiger partial charge in [-0.05, 0) is 62.3 Å². The Kier molecular flexibility index (Phi) is 3.88. The van der Waals surface area contributed by atoms with E-state index in [0.29, 0.717) is 17.9 Å². The van der Waals surface area contributed by atoms with Gasteiger partial charge in [0.2, 0.25) is 11.8 Å². The van der Waals surface area contributed by atoms with Crippen LogP contribution in [-0.2, 0) is 9.59 Å². The molecule has 4 nitrogen and oxygen atoms in total. The summed E-state index contributed by atoms with van der Waals surface area (Å²) in [6.07, 6.45) is 7.63. The molecule has 5 heteroatoms. The number of hydrogen-bond donors (Lipinski definition) is 0. The number of amides is 2. The highest BCUT2D eigenvalue weighted by atomic mass is 32.1. The highest BCUT2D eigenvalue weighted by Gasteiger charge is 2.54. The standard InChI is InChI=1S/C20H26N2O2S/c23-19(16-12-15(16)17-4-3-11-25-17)22-14-7-5-13(6-8-14)18(22)20(24)21-9-1-2-10-21/h3-4,11,13-16,18H,1-2,5-10,12H2/t13?,14?,15?,16?,18-/m0/s1. The smallest absolute Gasteiger partial charge is 0.245 e. The van der Waals surface area contributed by atoms with Crippen molar-refractivity contribution in [3.05, 3.63) is 22.4 Å². The van der Waals surface area contributed by atoms with Crippen LogP contribution in [0.25, 0.3) is 0 Å². The van der Waals surface area contributed by atoms with E-state index in [1.807, 2.05) is 4.90 Å². The summed E-state index contributed by atoms with van der Waals surface area (Å²) in [4.78, 5) is 32.0. The van der Waals surface area contributed by atoms with Crippen LogP contribution in [-0.4, -0.2) is 46.8 Å². The molecule has 2 amide bonds. The van der Waals surface area contributed by atoms with Gasteiger partial charge in [0.25, 0.3) is 0 Å². The normalized spacial score (nSPS) is 36.7. The average Bonchev–Trinajstić information content (AvgIpc) is 3.07. The van der Waals surface area contributed by atoms with Gasteiger partial charge in [0, 0.05) is 35.8 Å². The molecular weight excluding hydrogens is 332 g/mol. The highest BCUT2D eigenvalue weighted by molar-refractivity contribution is 7.10. The Labute approximate surface area is 153 Å². The third kappa shape index (κ3) is 2.62. The first-order valence-electron chi connectivity index (χ1n) is 9.88. The van der Waals surface area contributed by atoms with Crippen molar-refractivity contribution >= 4 is 23.2 Å². The molecule has 3 saturated heterocycles. The molecule has 2 saturated carbocycles. The average molecular weight is 359 g/mol. The predicted octanol–water partition coefficient (Wildman–Crippen LogP) is 3.24. The van der Waals surface area contributed by atoms with Crippen LogP contribution in [0, 0.1) is 11.8 Å². The lowest BCUT2D eigenvalue weighted by Gasteiger charge is -2.51. The Balaban J connectivity index is 1.38. The zero-order valence-electron chi connectivity index (χ0n) is 14.6. The molecule has 4 heterocycles. The highest BCUT2D eigenvalue weighted by Crippen LogP contribution is 2.52. The minimum absolute atomic E-state index is 0.117. The van der Waals surface area contributed by atoms with Crippen molar-refractivity contribution < 1.29 is 9.59 Å². The van der Waals surface area contributed by atoms with E-state index in [-0.39, 0.29) is 23.8 Å². The topological polar surface area (TPSA) is 40.6 Å². The van der Waals surface area contributed by atoms with E-state index in [2.05, 4.69) is 22.4 Å². The van der Waals surface area contributed by atoms with Crippen LogP contribution in [0.1, 0.15) is 55.7 Å². The zero-order chi connectivity index (χ0) is 17.0. The molecule has 2 bridgehead atoms. The largest absolute Gasteiger partial charge is 0.341 e. The van der Waals surface area contributed by atoms with Gasteiger partial charge in [0.1, 0.15) is 6.04 Å². The lowest BCUT2D eigenvalue weighted by atomic mass is 9.73. The van der Waals surface area contributed by atoms with Crippen LogP contribution in [0.2, 0.25) is 0 Å². The van der Waals surface area contributed by atoms with Crippen molar-refractivity contribution in [2.24, 2.45) is 11.8 Å². The maximum Gasteiger partial charge on any atom is 0.245 e. The lowest BCUT2D eigenvalue weighted by molar-refractivity contribution is -0.159. The maximum absolute atomic E-state index is 13.3. The first-order chi connectivity index (χ1) is 12.2. The first kappa shape index (κ1) is 15.9. The summed E-state index contributed by atoms with van der Waals surface area (Å²) in [5.41, 5.74) is 0. The number of rotatable bonds is 3. The molecular formula is C20H26N2O2S. The molecule has 5 aliphatic rings. The van der Waals surface area contributed by atoms with Crippen LogP contribution >= 0.6 is 11.3 Å². The second-order valence-corrected chi connectivity index (χ2v) is 9.23.